The fourth-order valence-corrected chi connectivity index (χ4v) is 8.20. The lowest BCUT2D eigenvalue weighted by atomic mass is 10.0. The van der Waals surface area contributed by atoms with Gasteiger partial charge in [-0.2, -0.15) is 0 Å². The van der Waals surface area contributed by atoms with Gasteiger partial charge in [0.25, 0.3) is 0 Å². The molecule has 0 radical (unpaired) electrons. The topological polar surface area (TPSA) is 22.8 Å². The first-order chi connectivity index (χ1) is 23.8. The molecule has 0 aliphatic carbocycles. The van der Waals surface area contributed by atoms with E-state index in [2.05, 4.69) is 167 Å². The Morgan fingerprint density at radius 2 is 0.833 bits per heavy atom. The molecule has 0 spiro atoms. The molecule has 0 aliphatic heterocycles. The molecule has 0 bridgehead atoms. The maximum atomic E-state index is 5.14. The lowest BCUT2D eigenvalue weighted by molar-refractivity contribution is 1.16. The molecule has 0 amide bonds. The monoisotopic (exact) mass is 609 g/mol. The quantitative estimate of drug-likeness (QED) is 0.179. The van der Waals surface area contributed by atoms with Gasteiger partial charge in [0.15, 0.2) is 0 Å². The van der Waals surface area contributed by atoms with Crippen molar-refractivity contribution in [2.24, 2.45) is 0 Å². The molecule has 8 aromatic carbocycles. The van der Waals surface area contributed by atoms with Gasteiger partial charge in [-0.3, -0.25) is 4.98 Å². The van der Waals surface area contributed by atoms with Crippen molar-refractivity contribution in [1.29, 1.82) is 0 Å². The summed E-state index contributed by atoms with van der Waals surface area (Å²) in [5.74, 6) is 0. The predicted molar refractivity (Wildman–Crippen MR) is 203 cm³/mol. The van der Waals surface area contributed by atoms with E-state index < -0.39 is 0 Å². The minimum Gasteiger partial charge on any atom is -0.309 e. The zero-order chi connectivity index (χ0) is 31.3. The van der Waals surface area contributed by atoms with Crippen LogP contribution in [0.1, 0.15) is 0 Å². The summed E-state index contributed by atoms with van der Waals surface area (Å²) in [6, 6.07) is 57.4. The second-order valence-corrected chi connectivity index (χ2v) is 12.8. The molecule has 3 nitrogen and oxygen atoms in total. The fraction of sp³-hybridized carbons (Fsp3) is 0. The van der Waals surface area contributed by atoms with Crippen LogP contribution in [0.5, 0.6) is 0 Å². The van der Waals surface area contributed by atoms with Crippen molar-refractivity contribution in [2.45, 2.75) is 0 Å². The number of nitrogens with zero attached hydrogens (tertiary/aromatic N) is 3. The molecule has 0 fully saturated rings. The third kappa shape index (κ3) is 3.45. The van der Waals surface area contributed by atoms with E-state index in [9.17, 15) is 0 Å². The molecule has 11 rings (SSSR count). The van der Waals surface area contributed by atoms with Gasteiger partial charge >= 0.3 is 0 Å². The Morgan fingerprint density at radius 1 is 0.333 bits per heavy atom. The van der Waals surface area contributed by atoms with Gasteiger partial charge in [0.05, 0.1) is 39.5 Å². The summed E-state index contributed by atoms with van der Waals surface area (Å²) in [5.41, 5.74) is 8.05. The first-order valence-electron chi connectivity index (χ1n) is 16.5. The lowest BCUT2D eigenvalue weighted by Gasteiger charge is -2.12. The highest BCUT2D eigenvalue weighted by molar-refractivity contribution is 6.22. The van der Waals surface area contributed by atoms with Crippen LogP contribution < -0.4 is 0 Å². The van der Waals surface area contributed by atoms with E-state index in [1.807, 2.05) is 6.20 Å². The van der Waals surface area contributed by atoms with Crippen LogP contribution in [-0.2, 0) is 0 Å². The molecule has 3 heterocycles. The van der Waals surface area contributed by atoms with E-state index in [0.717, 1.165) is 27.7 Å². The van der Waals surface area contributed by atoms with Crippen molar-refractivity contribution in [3.8, 4) is 11.4 Å². The molecule has 3 heteroatoms. The summed E-state index contributed by atoms with van der Waals surface area (Å²) in [5, 5.41) is 13.7. The van der Waals surface area contributed by atoms with E-state index in [1.165, 1.54) is 70.5 Å². The van der Waals surface area contributed by atoms with Gasteiger partial charge in [-0.05, 0) is 69.4 Å². The van der Waals surface area contributed by atoms with Crippen molar-refractivity contribution in [3.05, 3.63) is 164 Å². The minimum atomic E-state index is 1.02. The Morgan fingerprint density at radius 3 is 1.48 bits per heavy atom. The number of hydrogen-bond acceptors (Lipinski definition) is 1. The van der Waals surface area contributed by atoms with Gasteiger partial charge in [-0.1, -0.05) is 115 Å². The van der Waals surface area contributed by atoms with Crippen LogP contribution in [-0.4, -0.2) is 14.1 Å². The molecule has 48 heavy (non-hydrogen) atoms. The molecule has 11 aromatic rings. The number of rotatable bonds is 2. The number of hydrogen-bond donors (Lipinski definition) is 0. The maximum Gasteiger partial charge on any atom is 0.0781 e. The highest BCUT2D eigenvalue weighted by atomic mass is 15.0. The second-order valence-electron chi connectivity index (χ2n) is 12.8. The first-order valence-corrected chi connectivity index (χ1v) is 16.5. The van der Waals surface area contributed by atoms with Gasteiger partial charge in [-0.25, -0.2) is 0 Å². The SMILES string of the molecule is c1ccc2c(c1)ccc1c2c2ccccc2n1-c1ccc2c(ccc3cc(-n4c5ccccc5c5c6ccccc6ccc54)cnc32)c1. The van der Waals surface area contributed by atoms with Crippen LogP contribution in [0.3, 0.4) is 0 Å². The van der Waals surface area contributed by atoms with Crippen LogP contribution in [0.15, 0.2) is 164 Å². The smallest absolute Gasteiger partial charge is 0.0781 e. The summed E-state index contributed by atoms with van der Waals surface area (Å²) in [6.07, 6.45) is 2.04. The Balaban J connectivity index is 1.11. The van der Waals surface area contributed by atoms with Crippen molar-refractivity contribution in [1.82, 2.24) is 14.1 Å². The van der Waals surface area contributed by atoms with Crippen molar-refractivity contribution >= 4 is 86.8 Å². The van der Waals surface area contributed by atoms with E-state index in [1.54, 1.807) is 0 Å². The second kappa shape index (κ2) is 9.54. The summed E-state index contributed by atoms with van der Waals surface area (Å²) < 4.78 is 4.77. The Bertz CT molecular complexity index is 2910. The summed E-state index contributed by atoms with van der Waals surface area (Å²) >= 11 is 0. The third-order valence-corrected chi connectivity index (χ3v) is 10.3. The van der Waals surface area contributed by atoms with E-state index in [0.29, 0.717) is 0 Å². The van der Waals surface area contributed by atoms with Gasteiger partial charge in [-0.15, -0.1) is 0 Å². The van der Waals surface area contributed by atoms with Gasteiger partial charge in [0.2, 0.25) is 0 Å². The first kappa shape index (κ1) is 25.7. The Hall–Kier alpha value is -6.45. The third-order valence-electron chi connectivity index (χ3n) is 10.3. The molecule has 0 saturated carbocycles. The standard InChI is InChI=1S/C45H27N3/c1-3-11-34-28(9-1)19-23-41-43(34)37-13-5-7-15-39(37)47(41)32-21-22-36-30(25-32)17-18-31-26-33(27-46-45(31)36)48-40-16-8-6-14-38(40)44-35-12-4-2-10-29(35)20-24-42(44)48/h1-27H. The van der Waals surface area contributed by atoms with Crippen molar-refractivity contribution < 1.29 is 0 Å². The zero-order valence-electron chi connectivity index (χ0n) is 25.9. The molecule has 0 unspecified atom stereocenters. The van der Waals surface area contributed by atoms with E-state index >= 15 is 0 Å². The maximum absolute atomic E-state index is 5.14. The molecular weight excluding hydrogens is 583 g/mol. The number of aromatic nitrogens is 3. The minimum absolute atomic E-state index is 1.02. The number of fused-ring (bicyclic) bond motifs is 13. The largest absolute Gasteiger partial charge is 0.309 e. The number of para-hydroxylation sites is 2. The molecular formula is C45H27N3. The molecule has 0 aliphatic rings. The molecule has 222 valence electrons. The molecule has 0 N–H and O–H groups in total. The van der Waals surface area contributed by atoms with Crippen LogP contribution in [0.4, 0.5) is 0 Å². The van der Waals surface area contributed by atoms with Gasteiger partial charge in [0, 0.05) is 38.0 Å². The molecule has 0 saturated heterocycles. The van der Waals surface area contributed by atoms with Crippen molar-refractivity contribution in [2.75, 3.05) is 0 Å². The van der Waals surface area contributed by atoms with Crippen LogP contribution in [0.2, 0.25) is 0 Å². The fourth-order valence-electron chi connectivity index (χ4n) is 8.20. The molecule has 0 atom stereocenters. The van der Waals surface area contributed by atoms with E-state index in [4.69, 9.17) is 4.98 Å². The average Bonchev–Trinajstić information content (AvgIpc) is 3.68. The summed E-state index contributed by atoms with van der Waals surface area (Å²) in [4.78, 5) is 5.14. The zero-order valence-corrected chi connectivity index (χ0v) is 25.9. The van der Waals surface area contributed by atoms with Crippen LogP contribution >= 0.6 is 0 Å². The van der Waals surface area contributed by atoms with Crippen molar-refractivity contribution in [3.63, 3.8) is 0 Å². The Kier molecular flexibility index (Phi) is 5.11. The van der Waals surface area contributed by atoms with E-state index in [-0.39, 0.29) is 0 Å². The number of benzene rings is 8. The number of pyridine rings is 1. The van der Waals surface area contributed by atoms with Crippen LogP contribution in [0, 0.1) is 0 Å². The lowest BCUT2D eigenvalue weighted by Crippen LogP contribution is -1.96. The highest BCUT2D eigenvalue weighted by Gasteiger charge is 2.17. The Labute approximate surface area is 275 Å². The van der Waals surface area contributed by atoms with Gasteiger partial charge in [0.1, 0.15) is 0 Å². The normalized spacial score (nSPS) is 12.2. The van der Waals surface area contributed by atoms with Gasteiger partial charge < -0.3 is 9.13 Å². The highest BCUT2D eigenvalue weighted by Crippen LogP contribution is 2.39. The average molecular weight is 610 g/mol. The predicted octanol–water partition coefficient (Wildman–Crippen LogP) is 11.9. The summed E-state index contributed by atoms with van der Waals surface area (Å²) in [7, 11) is 0. The molecule has 3 aromatic heterocycles. The van der Waals surface area contributed by atoms with Crippen LogP contribution in [0.25, 0.3) is 98.2 Å². The summed E-state index contributed by atoms with van der Waals surface area (Å²) in [6.45, 7) is 0.